The van der Waals surface area contributed by atoms with Gasteiger partial charge in [-0.1, -0.05) is 17.7 Å². The summed E-state index contributed by atoms with van der Waals surface area (Å²) < 4.78 is 40.3. The molecule has 2 aliphatic rings. The number of allylic oxidation sites excluding steroid dienone is 3. The summed E-state index contributed by atoms with van der Waals surface area (Å²) in [6, 6.07) is 5.93. The summed E-state index contributed by atoms with van der Waals surface area (Å²) in [4.78, 5) is 16.3. The molecule has 2 atom stereocenters. The number of fused-ring (bicyclic) bond motifs is 1. The third kappa shape index (κ3) is 5.65. The highest BCUT2D eigenvalue weighted by Gasteiger charge is 2.34. The van der Waals surface area contributed by atoms with E-state index < -0.39 is 17.8 Å². The lowest BCUT2D eigenvalue weighted by Crippen LogP contribution is -2.44. The van der Waals surface area contributed by atoms with Gasteiger partial charge in [-0.15, -0.1) is 0 Å². The van der Waals surface area contributed by atoms with E-state index in [1.165, 1.54) is 6.08 Å². The van der Waals surface area contributed by atoms with Crippen molar-refractivity contribution in [3.8, 4) is 0 Å². The maximum absolute atomic E-state index is 13.4. The summed E-state index contributed by atoms with van der Waals surface area (Å²) in [7, 11) is 0. The van der Waals surface area contributed by atoms with Crippen molar-refractivity contribution in [1.29, 1.82) is 5.41 Å². The lowest BCUT2D eigenvalue weighted by Gasteiger charge is -2.31. The first-order chi connectivity index (χ1) is 16.2. The summed E-state index contributed by atoms with van der Waals surface area (Å²) >= 11 is 0. The van der Waals surface area contributed by atoms with Gasteiger partial charge in [0.1, 0.15) is 11.4 Å². The SMILES string of the molecule is Cc1ccc2nc(C(F)(F)F)cc(N[C@H]3CCCC(NC(=O)C(=N)/C=C4/C=CC=CN4)C3)c2c1. The number of rotatable bonds is 5. The van der Waals surface area contributed by atoms with Gasteiger partial charge in [0.15, 0.2) is 0 Å². The van der Waals surface area contributed by atoms with E-state index in [0.29, 0.717) is 23.2 Å². The van der Waals surface area contributed by atoms with Crippen molar-refractivity contribution in [1.82, 2.24) is 15.6 Å². The fourth-order valence-corrected chi connectivity index (χ4v) is 4.26. The molecule has 4 rings (SSSR count). The molecule has 34 heavy (non-hydrogen) atoms. The number of aryl methyl sites for hydroxylation is 1. The quantitative estimate of drug-likeness (QED) is 0.465. The number of anilines is 1. The Kier molecular flexibility index (Phi) is 6.72. The van der Waals surface area contributed by atoms with Gasteiger partial charge in [0.2, 0.25) is 0 Å². The van der Waals surface area contributed by atoms with Crippen LogP contribution in [0.4, 0.5) is 18.9 Å². The average molecular weight is 470 g/mol. The molecule has 1 aromatic carbocycles. The molecule has 0 spiro atoms. The minimum absolute atomic E-state index is 0.119. The monoisotopic (exact) mass is 469 g/mol. The molecule has 9 heteroatoms. The van der Waals surface area contributed by atoms with E-state index in [2.05, 4.69) is 20.9 Å². The lowest BCUT2D eigenvalue weighted by molar-refractivity contribution is -0.140. The summed E-state index contributed by atoms with van der Waals surface area (Å²) in [5.41, 5.74) is 1.14. The number of amides is 1. The Hall–Kier alpha value is -3.62. The molecule has 1 aliphatic carbocycles. The molecule has 1 amide bonds. The summed E-state index contributed by atoms with van der Waals surface area (Å²) in [6.45, 7) is 1.88. The van der Waals surface area contributed by atoms with Gasteiger partial charge >= 0.3 is 6.18 Å². The smallest absolute Gasteiger partial charge is 0.382 e. The van der Waals surface area contributed by atoms with E-state index in [1.807, 2.05) is 13.0 Å². The maximum atomic E-state index is 13.4. The van der Waals surface area contributed by atoms with Crippen molar-refractivity contribution in [3.05, 3.63) is 71.7 Å². The van der Waals surface area contributed by atoms with Crippen LogP contribution in [0.15, 0.2) is 60.5 Å². The second kappa shape index (κ2) is 9.70. The number of nitrogens with one attached hydrogen (secondary N) is 4. The molecule has 1 aliphatic heterocycles. The Balaban J connectivity index is 1.47. The van der Waals surface area contributed by atoms with Crippen LogP contribution in [0.2, 0.25) is 0 Å². The van der Waals surface area contributed by atoms with Gasteiger partial charge in [-0.05, 0) is 69.0 Å². The molecule has 178 valence electrons. The number of dihydropyridines is 1. The Morgan fingerprint density at radius 2 is 2.00 bits per heavy atom. The van der Waals surface area contributed by atoms with Crippen molar-refractivity contribution >= 4 is 28.2 Å². The highest BCUT2D eigenvalue weighted by Crippen LogP contribution is 2.34. The largest absolute Gasteiger partial charge is 0.433 e. The summed E-state index contributed by atoms with van der Waals surface area (Å²) in [5, 5.41) is 17.8. The average Bonchev–Trinajstić information content (AvgIpc) is 2.79. The topological polar surface area (TPSA) is 89.9 Å². The molecule has 0 bridgehead atoms. The number of carbonyl (C=O) groups excluding carboxylic acids is 1. The van der Waals surface area contributed by atoms with Crippen LogP contribution in [0.3, 0.4) is 0 Å². The van der Waals surface area contributed by atoms with Crippen molar-refractivity contribution in [2.75, 3.05) is 5.32 Å². The first-order valence-corrected chi connectivity index (χ1v) is 11.1. The van der Waals surface area contributed by atoms with Crippen LogP contribution >= 0.6 is 0 Å². The summed E-state index contributed by atoms with van der Waals surface area (Å²) in [5.74, 6) is -0.479. The zero-order chi connectivity index (χ0) is 24.3. The van der Waals surface area contributed by atoms with Crippen LogP contribution in [0.1, 0.15) is 36.9 Å². The molecule has 1 saturated carbocycles. The molecule has 2 aromatic rings. The van der Waals surface area contributed by atoms with Crippen LogP contribution in [0, 0.1) is 12.3 Å². The predicted molar refractivity (Wildman–Crippen MR) is 127 cm³/mol. The van der Waals surface area contributed by atoms with E-state index in [4.69, 9.17) is 5.41 Å². The number of carbonyl (C=O) groups is 1. The van der Waals surface area contributed by atoms with E-state index in [1.54, 1.807) is 36.6 Å². The Bertz CT molecular complexity index is 1200. The number of hydrogen-bond acceptors (Lipinski definition) is 5. The first-order valence-electron chi connectivity index (χ1n) is 11.1. The van der Waals surface area contributed by atoms with Gasteiger partial charge in [0.05, 0.1) is 5.52 Å². The normalized spacial score (nSPS) is 21.4. The third-order valence-electron chi connectivity index (χ3n) is 5.90. The minimum atomic E-state index is -4.55. The van der Waals surface area contributed by atoms with Crippen molar-refractivity contribution < 1.29 is 18.0 Å². The molecular weight excluding hydrogens is 443 g/mol. The van der Waals surface area contributed by atoms with Crippen molar-refractivity contribution in [2.24, 2.45) is 0 Å². The molecule has 1 fully saturated rings. The molecule has 0 saturated heterocycles. The number of pyridine rings is 1. The molecule has 0 radical (unpaired) electrons. The fraction of sp³-hybridized carbons (Fsp3) is 0.320. The van der Waals surface area contributed by atoms with Crippen LogP contribution in [-0.2, 0) is 11.0 Å². The van der Waals surface area contributed by atoms with Gasteiger partial charge in [-0.25, -0.2) is 4.98 Å². The van der Waals surface area contributed by atoms with Crippen LogP contribution in [-0.4, -0.2) is 28.7 Å². The van der Waals surface area contributed by atoms with Crippen LogP contribution in [0.25, 0.3) is 10.9 Å². The molecule has 1 unspecified atom stereocenters. The second-order valence-electron chi connectivity index (χ2n) is 8.63. The van der Waals surface area contributed by atoms with Gasteiger partial charge in [0.25, 0.3) is 5.91 Å². The Morgan fingerprint density at radius 3 is 2.74 bits per heavy atom. The number of nitrogens with zero attached hydrogens (tertiary/aromatic N) is 1. The Labute approximate surface area is 195 Å². The van der Waals surface area contributed by atoms with Crippen molar-refractivity contribution in [2.45, 2.75) is 50.9 Å². The van der Waals surface area contributed by atoms with Crippen LogP contribution in [0.5, 0.6) is 0 Å². The molecule has 1 aromatic heterocycles. The standard InChI is InChI=1S/C25H26F3N5O/c1-15-8-9-21-19(11-15)22(14-23(33-21)25(26,27)28)31-17-6-4-7-18(12-17)32-24(34)20(29)13-16-5-2-3-10-30-16/h2-3,5,8-11,13-14,17-18,29-30H,4,6-7,12H2,1H3,(H,31,33)(H,32,34)/b16-13-,29-20?/t17-,18?/m0/s1. The molecule has 4 N–H and O–H groups in total. The number of benzene rings is 1. The van der Waals surface area contributed by atoms with E-state index >= 15 is 0 Å². The first kappa shape index (κ1) is 23.5. The fourth-order valence-electron chi connectivity index (χ4n) is 4.26. The molecular formula is C25H26F3N5O. The maximum Gasteiger partial charge on any atom is 0.433 e. The molecule has 2 heterocycles. The number of hydrogen-bond donors (Lipinski definition) is 4. The number of aromatic nitrogens is 1. The highest BCUT2D eigenvalue weighted by molar-refractivity contribution is 6.42. The van der Waals surface area contributed by atoms with Crippen molar-refractivity contribution in [3.63, 3.8) is 0 Å². The third-order valence-corrected chi connectivity index (χ3v) is 5.90. The summed E-state index contributed by atoms with van der Waals surface area (Å²) in [6.07, 6.45) is 6.86. The van der Waals surface area contributed by atoms with E-state index in [-0.39, 0.29) is 23.3 Å². The molecule has 6 nitrogen and oxygen atoms in total. The van der Waals surface area contributed by atoms with Gasteiger partial charge in [0, 0.05) is 35.1 Å². The number of halogens is 3. The Morgan fingerprint density at radius 1 is 1.21 bits per heavy atom. The van der Waals surface area contributed by atoms with Gasteiger partial charge in [-0.3, -0.25) is 10.2 Å². The van der Waals surface area contributed by atoms with Gasteiger partial charge in [-0.2, -0.15) is 13.2 Å². The van der Waals surface area contributed by atoms with Gasteiger partial charge < -0.3 is 16.0 Å². The van der Waals surface area contributed by atoms with E-state index in [9.17, 15) is 18.0 Å². The van der Waals surface area contributed by atoms with Crippen LogP contribution < -0.4 is 16.0 Å². The minimum Gasteiger partial charge on any atom is -0.382 e. The zero-order valence-electron chi connectivity index (χ0n) is 18.7. The van der Waals surface area contributed by atoms with E-state index in [0.717, 1.165) is 30.9 Å². The highest BCUT2D eigenvalue weighted by atomic mass is 19.4. The number of alkyl halides is 3. The zero-order valence-corrected chi connectivity index (χ0v) is 18.7. The predicted octanol–water partition coefficient (Wildman–Crippen LogP) is 4.98. The lowest BCUT2D eigenvalue weighted by atomic mass is 9.90. The second-order valence-corrected chi connectivity index (χ2v) is 8.63.